The Kier molecular flexibility index (Phi) is 6.74. The van der Waals surface area contributed by atoms with Crippen LogP contribution in [0, 0.1) is 4.77 Å². The van der Waals surface area contributed by atoms with Gasteiger partial charge in [-0.3, -0.25) is 9.36 Å². The number of benzene rings is 2. The maximum absolute atomic E-state index is 11.7. The number of nitrogens with zero attached hydrogens (tertiary/aromatic N) is 3. The van der Waals surface area contributed by atoms with Crippen molar-refractivity contribution in [2.45, 2.75) is 19.8 Å². The van der Waals surface area contributed by atoms with Gasteiger partial charge in [0.1, 0.15) is 6.54 Å². The molecule has 0 aliphatic rings. The predicted octanol–water partition coefficient (Wildman–Crippen LogP) is 2.30. The number of hydrogen-bond acceptors (Lipinski definition) is 3. The molecule has 0 saturated heterocycles. The molecule has 6 nitrogen and oxygen atoms in total. The first kappa shape index (κ1) is 20.7. The standard InChI is InChI=1S/C22H25N5OS/c1-4-14-26-20(18-8-6-5-7-9-18)24-27(22(26)29)16-25(3)15-17-10-12-19(13-11-17)21(28)23-2/h4-13H,1,14-16H2,2-3H3,(H,23,28)/p+1. The molecule has 1 heterocycles. The zero-order valence-electron chi connectivity index (χ0n) is 16.8. The normalized spacial score (nSPS) is 11.8. The number of carbonyl (C=O) groups excluding carboxylic acids is 1. The zero-order chi connectivity index (χ0) is 20.8. The first-order chi connectivity index (χ1) is 14.0. The predicted molar refractivity (Wildman–Crippen MR) is 117 cm³/mol. The second-order valence-corrected chi connectivity index (χ2v) is 7.30. The van der Waals surface area contributed by atoms with Crippen molar-refractivity contribution in [3.63, 3.8) is 0 Å². The fourth-order valence-electron chi connectivity index (χ4n) is 3.22. The highest BCUT2D eigenvalue weighted by Gasteiger charge is 2.15. The lowest BCUT2D eigenvalue weighted by atomic mass is 10.1. The fourth-order valence-corrected chi connectivity index (χ4v) is 3.48. The number of hydrogen-bond donors (Lipinski definition) is 2. The monoisotopic (exact) mass is 408 g/mol. The first-order valence-corrected chi connectivity index (χ1v) is 9.90. The molecular formula is C22H26N5OS+. The van der Waals surface area contributed by atoms with Crippen LogP contribution in [0.1, 0.15) is 15.9 Å². The van der Waals surface area contributed by atoms with Crippen LogP contribution in [0.4, 0.5) is 0 Å². The van der Waals surface area contributed by atoms with Crippen LogP contribution >= 0.6 is 12.2 Å². The Morgan fingerprint density at radius 3 is 2.52 bits per heavy atom. The van der Waals surface area contributed by atoms with E-state index in [2.05, 4.69) is 18.9 Å². The maximum atomic E-state index is 11.7. The number of allylic oxidation sites excluding steroid dienone is 1. The van der Waals surface area contributed by atoms with E-state index in [1.54, 1.807) is 7.05 Å². The van der Waals surface area contributed by atoms with Crippen LogP contribution in [0.3, 0.4) is 0 Å². The van der Waals surface area contributed by atoms with Crippen LogP contribution in [0.25, 0.3) is 11.4 Å². The van der Waals surface area contributed by atoms with Gasteiger partial charge in [0, 0.05) is 30.3 Å². The van der Waals surface area contributed by atoms with Gasteiger partial charge in [-0.1, -0.05) is 48.5 Å². The van der Waals surface area contributed by atoms with Gasteiger partial charge in [0.2, 0.25) is 4.77 Å². The molecule has 150 valence electrons. The topological polar surface area (TPSA) is 56.3 Å². The Labute approximate surface area is 176 Å². The molecule has 3 rings (SSSR count). The Hall–Kier alpha value is -3.03. The second kappa shape index (κ2) is 9.45. The van der Waals surface area contributed by atoms with Crippen LogP contribution < -0.4 is 10.2 Å². The van der Waals surface area contributed by atoms with E-state index >= 15 is 0 Å². The molecule has 7 heteroatoms. The van der Waals surface area contributed by atoms with Crippen molar-refractivity contribution in [2.24, 2.45) is 0 Å². The van der Waals surface area contributed by atoms with Crippen LogP contribution in [0.5, 0.6) is 0 Å². The summed E-state index contributed by atoms with van der Waals surface area (Å²) in [5.74, 6) is 0.767. The quantitative estimate of drug-likeness (QED) is 0.444. The maximum Gasteiger partial charge on any atom is 0.251 e. The Morgan fingerprint density at radius 2 is 1.90 bits per heavy atom. The lowest BCUT2D eigenvalue weighted by Gasteiger charge is -2.14. The van der Waals surface area contributed by atoms with Crippen molar-refractivity contribution in [1.29, 1.82) is 0 Å². The van der Waals surface area contributed by atoms with E-state index in [9.17, 15) is 4.79 Å². The summed E-state index contributed by atoms with van der Waals surface area (Å²) in [7, 11) is 3.73. The minimum atomic E-state index is -0.0789. The summed E-state index contributed by atoms with van der Waals surface area (Å²) in [6, 6.07) is 17.7. The molecule has 0 spiro atoms. The Morgan fingerprint density at radius 1 is 1.21 bits per heavy atom. The SMILES string of the molecule is C=CCn1c(-c2ccccc2)nn(C[NH+](C)Cc2ccc(C(=O)NC)cc2)c1=S. The first-order valence-electron chi connectivity index (χ1n) is 9.49. The smallest absolute Gasteiger partial charge is 0.251 e. The fraction of sp³-hybridized carbons (Fsp3) is 0.227. The number of quaternary nitrogens is 1. The molecule has 3 aromatic rings. The van der Waals surface area contributed by atoms with Gasteiger partial charge in [-0.2, -0.15) is 4.68 Å². The van der Waals surface area contributed by atoms with Gasteiger partial charge in [-0.05, 0) is 24.4 Å². The molecule has 0 aliphatic carbocycles. The number of rotatable bonds is 8. The molecule has 0 bridgehead atoms. The molecule has 2 aromatic carbocycles. The molecule has 1 atom stereocenters. The van der Waals surface area contributed by atoms with Crippen LogP contribution in [-0.4, -0.2) is 34.4 Å². The van der Waals surface area contributed by atoms with Crippen molar-refractivity contribution in [2.75, 3.05) is 14.1 Å². The molecule has 29 heavy (non-hydrogen) atoms. The summed E-state index contributed by atoms with van der Waals surface area (Å²) >= 11 is 5.68. The van der Waals surface area contributed by atoms with Crippen molar-refractivity contribution < 1.29 is 9.69 Å². The van der Waals surface area contributed by atoms with E-state index < -0.39 is 0 Å². The summed E-state index contributed by atoms with van der Waals surface area (Å²) in [5.41, 5.74) is 2.84. The number of carbonyl (C=O) groups is 1. The number of amides is 1. The highest BCUT2D eigenvalue weighted by molar-refractivity contribution is 7.71. The Bertz CT molecular complexity index is 1040. The average molecular weight is 409 g/mol. The summed E-state index contributed by atoms with van der Waals surface area (Å²) in [5, 5.41) is 7.42. The molecule has 1 aromatic heterocycles. The minimum absolute atomic E-state index is 0.0789. The van der Waals surface area contributed by atoms with Gasteiger partial charge in [0.25, 0.3) is 5.91 Å². The summed E-state index contributed by atoms with van der Waals surface area (Å²) in [6.07, 6.45) is 1.83. The summed E-state index contributed by atoms with van der Waals surface area (Å²) in [4.78, 5) is 12.9. The third-order valence-electron chi connectivity index (χ3n) is 4.64. The van der Waals surface area contributed by atoms with Gasteiger partial charge in [0.15, 0.2) is 12.5 Å². The van der Waals surface area contributed by atoms with Crippen molar-refractivity contribution in [3.05, 3.63) is 83.2 Å². The van der Waals surface area contributed by atoms with E-state index in [0.29, 0.717) is 23.5 Å². The minimum Gasteiger partial charge on any atom is -0.355 e. The second-order valence-electron chi connectivity index (χ2n) is 6.94. The molecular weight excluding hydrogens is 382 g/mol. The molecule has 1 amide bonds. The van der Waals surface area contributed by atoms with Crippen LogP contribution in [-0.2, 0) is 19.8 Å². The molecule has 2 N–H and O–H groups in total. The molecule has 0 saturated carbocycles. The van der Waals surface area contributed by atoms with E-state index in [0.717, 1.165) is 23.5 Å². The zero-order valence-corrected chi connectivity index (χ0v) is 17.6. The van der Waals surface area contributed by atoms with Gasteiger partial charge >= 0.3 is 0 Å². The van der Waals surface area contributed by atoms with Gasteiger partial charge < -0.3 is 10.2 Å². The third-order valence-corrected chi connectivity index (χ3v) is 5.07. The lowest BCUT2D eigenvalue weighted by Crippen LogP contribution is -3.07. The van der Waals surface area contributed by atoms with Gasteiger partial charge in [0.05, 0.1) is 7.05 Å². The van der Waals surface area contributed by atoms with Crippen LogP contribution in [0.15, 0.2) is 67.3 Å². The van der Waals surface area contributed by atoms with Crippen molar-refractivity contribution in [3.8, 4) is 11.4 Å². The Balaban J connectivity index is 1.78. The van der Waals surface area contributed by atoms with Crippen LogP contribution in [0.2, 0.25) is 0 Å². The molecule has 0 fully saturated rings. The molecule has 0 aliphatic heterocycles. The lowest BCUT2D eigenvalue weighted by molar-refractivity contribution is -0.917. The van der Waals surface area contributed by atoms with E-state index in [1.165, 1.54) is 4.90 Å². The summed E-state index contributed by atoms with van der Waals surface area (Å²) in [6.45, 7) is 5.90. The van der Waals surface area contributed by atoms with Gasteiger partial charge in [-0.25, -0.2) is 0 Å². The average Bonchev–Trinajstić information content (AvgIpc) is 3.04. The highest BCUT2D eigenvalue weighted by Crippen LogP contribution is 2.17. The van der Waals surface area contributed by atoms with Crippen molar-refractivity contribution in [1.82, 2.24) is 19.7 Å². The number of nitrogens with one attached hydrogen (secondary N) is 2. The highest BCUT2D eigenvalue weighted by atomic mass is 32.1. The van der Waals surface area contributed by atoms with E-state index in [4.69, 9.17) is 17.3 Å². The third kappa shape index (κ3) is 4.88. The largest absolute Gasteiger partial charge is 0.355 e. The number of aromatic nitrogens is 3. The van der Waals surface area contributed by atoms with E-state index in [-0.39, 0.29) is 5.91 Å². The molecule has 1 unspecified atom stereocenters. The van der Waals surface area contributed by atoms with Gasteiger partial charge in [-0.15, -0.1) is 11.7 Å². The van der Waals surface area contributed by atoms with Crippen molar-refractivity contribution >= 4 is 18.1 Å². The summed E-state index contributed by atoms with van der Waals surface area (Å²) < 4.78 is 4.55. The molecule has 0 radical (unpaired) electrons. The van der Waals surface area contributed by atoms with E-state index in [1.807, 2.05) is 69.9 Å².